The molecule has 0 N–H and O–H groups in total. The van der Waals surface area contributed by atoms with Gasteiger partial charge in [0.25, 0.3) is 6.71 Å². The first-order chi connectivity index (χ1) is 25.8. The standard InChI is InChI=1S/C48H39B3N2/c1-28-24-30(3)44(31(4)25-28)49-34-14-7-9-20-40(34)52-42-22-13-23-43-46(42)51(38-18-11-16-36(49)47(38)52)39-19-12-17-37-48(39)53(43)41-21-10-8-15-35(41)50(37)45-32(5)26-29(2)27-33(45)6/h7-27H,1-6H3. The number of hydrogen-bond acceptors (Lipinski definition) is 2. The van der Waals surface area contributed by atoms with Gasteiger partial charge in [0.2, 0.25) is 13.4 Å². The van der Waals surface area contributed by atoms with Gasteiger partial charge in [-0.3, -0.25) is 0 Å². The minimum absolute atomic E-state index is 0.107. The molecule has 0 radical (unpaired) electrons. The predicted molar refractivity (Wildman–Crippen MR) is 231 cm³/mol. The topological polar surface area (TPSA) is 6.48 Å². The van der Waals surface area contributed by atoms with Gasteiger partial charge in [-0.05, 0) is 104 Å². The van der Waals surface area contributed by atoms with E-state index in [4.69, 9.17) is 0 Å². The van der Waals surface area contributed by atoms with E-state index >= 15 is 0 Å². The molecule has 0 aliphatic carbocycles. The van der Waals surface area contributed by atoms with Crippen LogP contribution in [-0.4, -0.2) is 20.1 Å². The molecule has 0 amide bonds. The molecule has 53 heavy (non-hydrogen) atoms. The Balaban J connectivity index is 1.23. The van der Waals surface area contributed by atoms with Crippen LogP contribution in [0.5, 0.6) is 0 Å². The van der Waals surface area contributed by atoms with Crippen molar-refractivity contribution in [3.8, 4) is 0 Å². The van der Waals surface area contributed by atoms with Crippen LogP contribution < -0.4 is 59.0 Å². The van der Waals surface area contributed by atoms with Gasteiger partial charge in [-0.2, -0.15) is 0 Å². The van der Waals surface area contributed by atoms with Gasteiger partial charge in [0.1, 0.15) is 0 Å². The monoisotopic (exact) mass is 676 g/mol. The highest BCUT2D eigenvalue weighted by atomic mass is 15.2. The summed E-state index contributed by atoms with van der Waals surface area (Å²) in [6.45, 7) is 14.1. The van der Waals surface area contributed by atoms with Crippen LogP contribution in [0.4, 0.5) is 34.1 Å². The third-order valence-corrected chi connectivity index (χ3v) is 12.7. The van der Waals surface area contributed by atoms with Crippen molar-refractivity contribution < 1.29 is 0 Å². The molecule has 250 valence electrons. The largest absolute Gasteiger partial charge is 0.312 e. The molecule has 4 heterocycles. The van der Waals surface area contributed by atoms with Gasteiger partial charge in [0.05, 0.1) is 0 Å². The summed E-state index contributed by atoms with van der Waals surface area (Å²) in [5.41, 5.74) is 28.6. The van der Waals surface area contributed by atoms with E-state index < -0.39 is 0 Å². The Hall–Kier alpha value is -5.67. The van der Waals surface area contributed by atoms with E-state index in [1.54, 1.807) is 0 Å². The zero-order chi connectivity index (χ0) is 35.9. The summed E-state index contributed by atoms with van der Waals surface area (Å²) in [5, 5.41) is 0. The zero-order valence-corrected chi connectivity index (χ0v) is 31.3. The first-order valence-corrected chi connectivity index (χ1v) is 19.1. The van der Waals surface area contributed by atoms with Crippen LogP contribution in [0.2, 0.25) is 0 Å². The zero-order valence-electron chi connectivity index (χ0n) is 31.3. The fourth-order valence-electron chi connectivity index (χ4n) is 11.2. The van der Waals surface area contributed by atoms with E-state index in [2.05, 4.69) is 179 Å². The molecule has 2 nitrogen and oxygen atoms in total. The first-order valence-electron chi connectivity index (χ1n) is 19.1. The Morgan fingerprint density at radius 2 is 0.623 bits per heavy atom. The number of aryl methyl sites for hydroxylation is 6. The van der Waals surface area contributed by atoms with Gasteiger partial charge in [-0.25, -0.2) is 0 Å². The van der Waals surface area contributed by atoms with Gasteiger partial charge < -0.3 is 9.80 Å². The predicted octanol–water partition coefficient (Wildman–Crippen LogP) is 5.28. The Labute approximate surface area is 314 Å². The van der Waals surface area contributed by atoms with E-state index in [9.17, 15) is 0 Å². The lowest BCUT2D eigenvalue weighted by Gasteiger charge is -2.49. The Kier molecular flexibility index (Phi) is 6.38. The molecule has 4 aliphatic rings. The number of anilines is 6. The molecule has 0 aromatic heterocycles. The lowest BCUT2D eigenvalue weighted by molar-refractivity contribution is 1.26. The summed E-state index contributed by atoms with van der Waals surface area (Å²) >= 11 is 0. The molecule has 0 saturated heterocycles. The molecule has 0 atom stereocenters. The maximum Gasteiger partial charge on any atom is 0.252 e. The van der Waals surface area contributed by atoms with Gasteiger partial charge in [0, 0.05) is 34.1 Å². The van der Waals surface area contributed by atoms with Crippen LogP contribution in [0.25, 0.3) is 0 Å². The Bertz CT molecular complexity index is 2520. The fraction of sp³-hybridized carbons (Fsp3) is 0.125. The highest BCUT2D eigenvalue weighted by Crippen LogP contribution is 2.44. The summed E-state index contributed by atoms with van der Waals surface area (Å²) in [4.78, 5) is 5.22. The molecule has 5 heteroatoms. The molecule has 7 aromatic carbocycles. The Morgan fingerprint density at radius 3 is 1.02 bits per heavy atom. The summed E-state index contributed by atoms with van der Waals surface area (Å²) in [6, 6.07) is 49.2. The lowest BCUT2D eigenvalue weighted by Crippen LogP contribution is -2.69. The van der Waals surface area contributed by atoms with Gasteiger partial charge >= 0.3 is 0 Å². The number of benzene rings is 7. The van der Waals surface area contributed by atoms with Gasteiger partial charge in [-0.1, -0.05) is 147 Å². The van der Waals surface area contributed by atoms with E-state index in [1.165, 1.54) is 117 Å². The quantitative estimate of drug-likeness (QED) is 0.230. The number of para-hydroxylation sites is 4. The summed E-state index contributed by atoms with van der Waals surface area (Å²) in [6.07, 6.45) is 0. The van der Waals surface area contributed by atoms with Crippen LogP contribution in [0, 0.1) is 41.5 Å². The Morgan fingerprint density at radius 1 is 0.321 bits per heavy atom. The van der Waals surface area contributed by atoms with Crippen LogP contribution in [0.3, 0.4) is 0 Å². The third-order valence-electron chi connectivity index (χ3n) is 12.7. The third kappa shape index (κ3) is 4.03. The SMILES string of the molecule is Cc1cc(C)c(B2c3ccccc3N3c4cccc5c4B(c4cccc2c43)c2cccc3c2N5c2ccccc2B3c2c(C)cc(C)cc2C)c(C)c1. The minimum Gasteiger partial charge on any atom is -0.312 e. The number of nitrogens with zero attached hydrogens (tertiary/aromatic N) is 2. The normalized spacial score (nSPS) is 14.0. The second-order valence-electron chi connectivity index (χ2n) is 16.0. The van der Waals surface area contributed by atoms with E-state index in [1.807, 2.05) is 0 Å². The second-order valence-corrected chi connectivity index (χ2v) is 16.0. The van der Waals surface area contributed by atoms with Crippen molar-refractivity contribution >= 4 is 103 Å². The summed E-state index contributed by atoms with van der Waals surface area (Å²) in [7, 11) is 0. The molecule has 11 rings (SSSR count). The number of fused-ring (bicyclic) bond motifs is 8. The van der Waals surface area contributed by atoms with E-state index in [0.29, 0.717) is 0 Å². The molecule has 0 unspecified atom stereocenters. The highest BCUT2D eigenvalue weighted by Gasteiger charge is 2.50. The average Bonchev–Trinajstić information content (AvgIpc) is 3.14. The molecule has 4 aliphatic heterocycles. The highest BCUT2D eigenvalue weighted by molar-refractivity contribution is 7.05. The van der Waals surface area contributed by atoms with Crippen molar-refractivity contribution in [1.82, 2.24) is 0 Å². The molecule has 0 bridgehead atoms. The fourth-order valence-corrected chi connectivity index (χ4v) is 11.2. The van der Waals surface area contributed by atoms with Gasteiger partial charge in [0.15, 0.2) is 0 Å². The van der Waals surface area contributed by atoms with Crippen molar-refractivity contribution in [2.45, 2.75) is 41.5 Å². The van der Waals surface area contributed by atoms with Crippen LogP contribution in [0.1, 0.15) is 33.4 Å². The molecule has 0 spiro atoms. The summed E-state index contributed by atoms with van der Waals surface area (Å²) in [5.74, 6) is 0. The molecular weight excluding hydrogens is 637 g/mol. The number of rotatable bonds is 2. The molecule has 7 aromatic rings. The van der Waals surface area contributed by atoms with Crippen LogP contribution in [-0.2, 0) is 0 Å². The van der Waals surface area contributed by atoms with Crippen molar-refractivity contribution in [2.75, 3.05) is 9.80 Å². The molecule has 0 saturated carbocycles. The first kappa shape index (κ1) is 30.9. The maximum atomic E-state index is 2.61. The summed E-state index contributed by atoms with van der Waals surface area (Å²) < 4.78 is 0. The van der Waals surface area contributed by atoms with Crippen molar-refractivity contribution in [1.29, 1.82) is 0 Å². The maximum absolute atomic E-state index is 2.61. The second kappa shape index (κ2) is 10.9. The van der Waals surface area contributed by atoms with Crippen LogP contribution in [0.15, 0.2) is 127 Å². The molecule has 0 fully saturated rings. The van der Waals surface area contributed by atoms with E-state index in [0.717, 1.165) is 0 Å². The minimum atomic E-state index is 0.107. The van der Waals surface area contributed by atoms with Crippen molar-refractivity contribution in [3.05, 3.63) is 161 Å². The van der Waals surface area contributed by atoms with Gasteiger partial charge in [-0.15, -0.1) is 0 Å². The van der Waals surface area contributed by atoms with Crippen molar-refractivity contribution in [2.24, 2.45) is 0 Å². The molecular formula is C48H39B3N2. The van der Waals surface area contributed by atoms with Crippen molar-refractivity contribution in [3.63, 3.8) is 0 Å². The lowest BCUT2D eigenvalue weighted by atomic mass is 9.27. The van der Waals surface area contributed by atoms with E-state index in [-0.39, 0.29) is 20.1 Å². The average molecular weight is 676 g/mol. The van der Waals surface area contributed by atoms with Crippen LogP contribution >= 0.6 is 0 Å². The number of hydrogen-bond donors (Lipinski definition) is 0. The smallest absolute Gasteiger partial charge is 0.252 e.